The second kappa shape index (κ2) is 9.19. The molecule has 0 bridgehead atoms. The lowest BCUT2D eigenvalue weighted by Gasteiger charge is -2.20. The third kappa shape index (κ3) is 6.73. The Kier molecular flexibility index (Phi) is 7.61. The van der Waals surface area contributed by atoms with Crippen molar-refractivity contribution in [3.8, 4) is 0 Å². The molecule has 7 heteroatoms. The first-order valence-corrected chi connectivity index (χ1v) is 7.56. The van der Waals surface area contributed by atoms with Crippen molar-refractivity contribution in [2.75, 3.05) is 19.6 Å². The largest absolute Gasteiger partial charge is 0.338 e. The maximum atomic E-state index is 13.6. The number of likely N-dealkylation sites (N-methyl/N-ethyl adjacent to an activating group) is 1. The van der Waals surface area contributed by atoms with Crippen molar-refractivity contribution in [1.29, 1.82) is 0 Å². The molecular weight excluding hydrogens is 304 g/mol. The average molecular weight is 327 g/mol. The molecule has 0 saturated carbocycles. The third-order valence-corrected chi connectivity index (χ3v) is 3.18. The molecule has 1 rings (SSSR count). The molecule has 0 heterocycles. The molecular formula is C16H23F2N3O2. The minimum atomic E-state index is -0.654. The van der Waals surface area contributed by atoms with Gasteiger partial charge in [0.25, 0.3) is 0 Å². The van der Waals surface area contributed by atoms with E-state index in [2.05, 4.69) is 10.6 Å². The number of rotatable bonds is 7. The molecule has 3 amide bonds. The molecule has 0 spiro atoms. The molecule has 2 N–H and O–H groups in total. The minimum absolute atomic E-state index is 0.0456. The number of carbonyl (C=O) groups excluding carboxylic acids is 2. The number of nitrogens with one attached hydrogen (secondary N) is 2. The van der Waals surface area contributed by atoms with Crippen LogP contribution in [0.1, 0.15) is 26.3 Å². The van der Waals surface area contributed by atoms with Crippen LogP contribution in [-0.4, -0.2) is 36.5 Å². The zero-order valence-electron chi connectivity index (χ0n) is 13.7. The molecule has 1 aromatic rings. The molecule has 0 saturated heterocycles. The molecule has 128 valence electrons. The number of amides is 3. The van der Waals surface area contributed by atoms with Gasteiger partial charge in [-0.2, -0.15) is 0 Å². The zero-order valence-corrected chi connectivity index (χ0v) is 13.7. The van der Waals surface area contributed by atoms with Gasteiger partial charge in [0.15, 0.2) is 0 Å². The molecule has 1 aromatic carbocycles. The number of carbonyl (C=O) groups is 2. The van der Waals surface area contributed by atoms with E-state index in [4.69, 9.17) is 0 Å². The molecule has 5 nitrogen and oxygen atoms in total. The second-order valence-corrected chi connectivity index (χ2v) is 5.66. The van der Waals surface area contributed by atoms with Crippen LogP contribution in [0, 0.1) is 17.6 Å². The number of imide groups is 1. The quantitative estimate of drug-likeness (QED) is 0.807. The molecule has 0 aliphatic heterocycles. The molecule has 0 radical (unpaired) electrons. The van der Waals surface area contributed by atoms with E-state index in [0.717, 1.165) is 0 Å². The predicted molar refractivity (Wildman–Crippen MR) is 83.7 cm³/mol. The Balaban J connectivity index is 2.56. The summed E-state index contributed by atoms with van der Waals surface area (Å²) in [5, 5.41) is 4.76. The highest BCUT2D eigenvalue weighted by Gasteiger charge is 2.16. The third-order valence-electron chi connectivity index (χ3n) is 3.18. The zero-order chi connectivity index (χ0) is 17.4. The fourth-order valence-electron chi connectivity index (χ4n) is 1.90. The number of benzene rings is 1. The fraction of sp³-hybridized carbons (Fsp3) is 0.500. The molecule has 23 heavy (non-hydrogen) atoms. The van der Waals surface area contributed by atoms with E-state index in [1.165, 1.54) is 18.2 Å². The smallest absolute Gasteiger partial charge is 0.321 e. The Morgan fingerprint density at radius 1 is 1.22 bits per heavy atom. The summed E-state index contributed by atoms with van der Waals surface area (Å²) in [6.45, 7) is 6.33. The summed E-state index contributed by atoms with van der Waals surface area (Å²) in [5.41, 5.74) is -0.0913. The molecule has 0 aliphatic rings. The van der Waals surface area contributed by atoms with Crippen molar-refractivity contribution in [1.82, 2.24) is 15.5 Å². The normalized spacial score (nSPS) is 10.9. The summed E-state index contributed by atoms with van der Waals surface area (Å²) >= 11 is 0. The van der Waals surface area contributed by atoms with Gasteiger partial charge in [-0.3, -0.25) is 15.0 Å². The molecule has 0 fully saturated rings. The maximum absolute atomic E-state index is 13.6. The molecule has 0 unspecified atom stereocenters. The summed E-state index contributed by atoms with van der Waals surface area (Å²) in [5.74, 6) is -1.56. The fourth-order valence-corrected chi connectivity index (χ4v) is 1.90. The predicted octanol–water partition coefficient (Wildman–Crippen LogP) is 2.27. The summed E-state index contributed by atoms with van der Waals surface area (Å²) in [7, 11) is 0. The Labute approximate surface area is 135 Å². The number of halogens is 2. The van der Waals surface area contributed by atoms with Crippen LogP contribution in [-0.2, 0) is 11.3 Å². The van der Waals surface area contributed by atoms with Gasteiger partial charge < -0.3 is 5.32 Å². The molecule has 0 aliphatic carbocycles. The van der Waals surface area contributed by atoms with Gasteiger partial charge in [-0.15, -0.1) is 0 Å². The van der Waals surface area contributed by atoms with Crippen molar-refractivity contribution in [2.45, 2.75) is 27.3 Å². The van der Waals surface area contributed by atoms with Gasteiger partial charge in [0.2, 0.25) is 5.91 Å². The highest BCUT2D eigenvalue weighted by molar-refractivity contribution is 5.95. The van der Waals surface area contributed by atoms with Crippen molar-refractivity contribution in [2.24, 2.45) is 5.92 Å². The van der Waals surface area contributed by atoms with E-state index in [-0.39, 0.29) is 24.6 Å². The maximum Gasteiger partial charge on any atom is 0.321 e. The van der Waals surface area contributed by atoms with E-state index in [0.29, 0.717) is 13.1 Å². The number of hydrogen-bond donors (Lipinski definition) is 2. The second-order valence-electron chi connectivity index (χ2n) is 5.66. The Morgan fingerprint density at radius 3 is 2.35 bits per heavy atom. The van der Waals surface area contributed by atoms with E-state index >= 15 is 0 Å². The molecule has 0 aromatic heterocycles. The van der Waals surface area contributed by atoms with Crippen molar-refractivity contribution in [3.05, 3.63) is 35.4 Å². The van der Waals surface area contributed by atoms with Crippen LogP contribution in [0.4, 0.5) is 13.6 Å². The van der Waals surface area contributed by atoms with Gasteiger partial charge in [-0.1, -0.05) is 26.8 Å². The number of urea groups is 1. The van der Waals surface area contributed by atoms with Crippen LogP contribution in [0.5, 0.6) is 0 Å². The highest BCUT2D eigenvalue weighted by atomic mass is 19.1. The van der Waals surface area contributed by atoms with Crippen LogP contribution >= 0.6 is 0 Å². The summed E-state index contributed by atoms with van der Waals surface area (Å²) in [6, 6.07) is 3.06. The minimum Gasteiger partial charge on any atom is -0.338 e. The average Bonchev–Trinajstić information content (AvgIpc) is 2.47. The first-order chi connectivity index (χ1) is 10.8. The van der Waals surface area contributed by atoms with Gasteiger partial charge in [-0.05, 0) is 24.6 Å². The van der Waals surface area contributed by atoms with Gasteiger partial charge in [-0.25, -0.2) is 13.6 Å². The van der Waals surface area contributed by atoms with Gasteiger partial charge in [0.1, 0.15) is 11.6 Å². The van der Waals surface area contributed by atoms with Gasteiger partial charge in [0, 0.05) is 18.7 Å². The van der Waals surface area contributed by atoms with E-state index in [9.17, 15) is 18.4 Å². The lowest BCUT2D eigenvalue weighted by molar-refractivity contribution is -0.121. The first kappa shape index (κ1) is 19.0. The first-order valence-electron chi connectivity index (χ1n) is 7.56. The van der Waals surface area contributed by atoms with E-state index < -0.39 is 23.6 Å². The van der Waals surface area contributed by atoms with Gasteiger partial charge >= 0.3 is 6.03 Å². The SMILES string of the molecule is CCN(CC(=O)NC(=O)NCC(C)C)Cc1c(F)cccc1F. The van der Waals surface area contributed by atoms with Crippen LogP contribution in [0.2, 0.25) is 0 Å². The van der Waals surface area contributed by atoms with Crippen LogP contribution in [0.15, 0.2) is 18.2 Å². The van der Waals surface area contributed by atoms with Crippen molar-refractivity contribution in [3.63, 3.8) is 0 Å². The van der Waals surface area contributed by atoms with Crippen LogP contribution in [0.3, 0.4) is 0 Å². The topological polar surface area (TPSA) is 61.4 Å². The summed E-state index contributed by atoms with van der Waals surface area (Å²) in [6.07, 6.45) is 0. The summed E-state index contributed by atoms with van der Waals surface area (Å²) in [4.78, 5) is 24.9. The lowest BCUT2D eigenvalue weighted by Crippen LogP contribution is -2.45. The van der Waals surface area contributed by atoms with Crippen LogP contribution in [0.25, 0.3) is 0 Å². The van der Waals surface area contributed by atoms with E-state index in [1.54, 1.807) is 11.8 Å². The Morgan fingerprint density at radius 2 is 1.83 bits per heavy atom. The van der Waals surface area contributed by atoms with E-state index in [1.807, 2.05) is 13.8 Å². The Bertz CT molecular complexity index is 530. The molecule has 0 atom stereocenters. The van der Waals surface area contributed by atoms with Crippen molar-refractivity contribution >= 4 is 11.9 Å². The van der Waals surface area contributed by atoms with Crippen molar-refractivity contribution < 1.29 is 18.4 Å². The Hall–Kier alpha value is -2.02. The standard InChI is InChI=1S/C16H23F2N3O2/c1-4-21(9-12-13(17)6-5-7-14(12)18)10-15(22)20-16(23)19-8-11(2)3/h5-7,11H,4,8-10H2,1-3H3,(H2,19,20,22,23). The highest BCUT2D eigenvalue weighted by Crippen LogP contribution is 2.14. The number of nitrogens with zero attached hydrogens (tertiary/aromatic N) is 1. The lowest BCUT2D eigenvalue weighted by atomic mass is 10.2. The number of hydrogen-bond acceptors (Lipinski definition) is 3. The van der Waals surface area contributed by atoms with Gasteiger partial charge in [0.05, 0.1) is 6.54 Å². The van der Waals surface area contributed by atoms with Crippen LogP contribution < -0.4 is 10.6 Å². The summed E-state index contributed by atoms with van der Waals surface area (Å²) < 4.78 is 27.3. The monoisotopic (exact) mass is 327 g/mol.